The molecule has 8 aliphatic rings. The number of halogens is 6. The van der Waals surface area contributed by atoms with Gasteiger partial charge < -0.3 is 0 Å². The molecule has 350 valence electrons. The van der Waals surface area contributed by atoms with Crippen molar-refractivity contribution in [2.45, 2.75) is 124 Å². The van der Waals surface area contributed by atoms with Crippen LogP contribution in [0.1, 0.15) is 150 Å². The predicted octanol–water partition coefficient (Wildman–Crippen LogP) is 19.5. The van der Waals surface area contributed by atoms with Crippen LogP contribution in [0.5, 0.6) is 0 Å². The molecule has 0 radical (unpaired) electrons. The summed E-state index contributed by atoms with van der Waals surface area (Å²) in [7, 11) is -10.7. The van der Waals surface area contributed by atoms with Crippen LogP contribution >= 0.6 is 7.81 Å². The molecule has 0 fully saturated rings. The first kappa shape index (κ1) is 48.1. The normalized spacial score (nSPS) is 16.3. The average molecular weight is 929 g/mol. The molecule has 0 aromatic heterocycles. The van der Waals surface area contributed by atoms with E-state index in [0.717, 1.165) is 19.3 Å². The fourth-order valence-corrected chi connectivity index (χ4v) is 9.83. The first-order valence-electron chi connectivity index (χ1n) is 23.3. The second kappa shape index (κ2) is 15.6. The third-order valence-electron chi connectivity index (χ3n) is 13.6. The zero-order valence-electron chi connectivity index (χ0n) is 41.0. The summed E-state index contributed by atoms with van der Waals surface area (Å²) in [5.41, 5.74) is 27.5. The molecule has 8 aliphatic carbocycles. The molecule has 0 spiro atoms. The molecule has 0 unspecified atom stereocenters. The van der Waals surface area contributed by atoms with Gasteiger partial charge in [-0.2, -0.15) is 0 Å². The molecule has 0 nitrogen and oxygen atoms in total. The quantitative estimate of drug-likeness (QED) is 0.0808. The molecular formula is C60H63F6P. The predicted molar refractivity (Wildman–Crippen MR) is 274 cm³/mol. The summed E-state index contributed by atoms with van der Waals surface area (Å²) in [6.45, 7) is 27.9. The van der Waals surface area contributed by atoms with Crippen LogP contribution in [0.15, 0.2) is 121 Å². The average Bonchev–Trinajstić information content (AvgIpc) is 3.55. The zero-order valence-corrected chi connectivity index (χ0v) is 41.9. The van der Waals surface area contributed by atoms with Gasteiger partial charge in [-0.05, 0) is 130 Å². The Balaban J connectivity index is 0.000000807. The second-order valence-corrected chi connectivity index (χ2v) is 25.0. The molecule has 9 rings (SSSR count). The van der Waals surface area contributed by atoms with Crippen LogP contribution in [-0.4, -0.2) is 0 Å². The van der Waals surface area contributed by atoms with Crippen molar-refractivity contribution < 1.29 is 25.2 Å². The van der Waals surface area contributed by atoms with E-state index in [9.17, 15) is 25.2 Å². The maximum atomic E-state index is 9.87. The van der Waals surface area contributed by atoms with Crippen molar-refractivity contribution in [2.75, 3.05) is 0 Å². The Bertz CT molecular complexity index is 3040. The van der Waals surface area contributed by atoms with Crippen molar-refractivity contribution >= 4 is 25.0 Å². The Morgan fingerprint density at radius 3 is 1.10 bits per heavy atom. The van der Waals surface area contributed by atoms with Crippen molar-refractivity contribution in [1.29, 1.82) is 0 Å². The van der Waals surface area contributed by atoms with E-state index in [1.54, 1.807) is 0 Å². The van der Waals surface area contributed by atoms with E-state index < -0.39 is 7.81 Å². The van der Waals surface area contributed by atoms with E-state index in [1.807, 2.05) is 0 Å². The summed E-state index contributed by atoms with van der Waals surface area (Å²) < 4.78 is 59.2. The number of hydrogen-bond acceptors (Lipinski definition) is 0. The summed E-state index contributed by atoms with van der Waals surface area (Å²) in [4.78, 5) is 0. The van der Waals surface area contributed by atoms with E-state index in [2.05, 4.69) is 210 Å². The van der Waals surface area contributed by atoms with Gasteiger partial charge in [0.1, 0.15) is 0 Å². The maximum absolute atomic E-state index is 10.7. The van der Waals surface area contributed by atoms with Gasteiger partial charge in [0.25, 0.3) is 0 Å². The van der Waals surface area contributed by atoms with Crippen molar-refractivity contribution in [3.63, 3.8) is 0 Å². The number of hydrogen-bond donors (Lipinski definition) is 0. The molecule has 0 heterocycles. The van der Waals surface area contributed by atoms with Gasteiger partial charge in [0.15, 0.2) is 0 Å². The molecule has 8 bridgehead atoms. The number of allylic oxidation sites excluding steroid dienone is 3. The van der Waals surface area contributed by atoms with Gasteiger partial charge in [0.2, 0.25) is 0 Å². The van der Waals surface area contributed by atoms with Gasteiger partial charge >= 0.3 is 33.0 Å². The molecule has 0 aliphatic heterocycles. The topological polar surface area (TPSA) is 0 Å². The Hall–Kier alpha value is -5.32. The van der Waals surface area contributed by atoms with Crippen LogP contribution in [0.4, 0.5) is 25.2 Å². The Morgan fingerprint density at radius 2 is 0.716 bits per heavy atom. The minimum atomic E-state index is -10.7. The van der Waals surface area contributed by atoms with Crippen molar-refractivity contribution in [1.82, 2.24) is 0 Å². The summed E-state index contributed by atoms with van der Waals surface area (Å²) in [5, 5.41) is 0. The summed E-state index contributed by atoms with van der Waals surface area (Å²) in [6.07, 6.45) is 7.63. The van der Waals surface area contributed by atoms with Gasteiger partial charge in [-0.3, -0.25) is 0 Å². The van der Waals surface area contributed by atoms with Crippen LogP contribution in [0.25, 0.3) is 50.6 Å². The first-order valence-corrected chi connectivity index (χ1v) is 25.3. The van der Waals surface area contributed by atoms with Gasteiger partial charge in [0, 0.05) is 35.6 Å². The summed E-state index contributed by atoms with van der Waals surface area (Å²) >= 11 is 0. The summed E-state index contributed by atoms with van der Waals surface area (Å²) in [6, 6.07) is 45.9. The van der Waals surface area contributed by atoms with Crippen molar-refractivity contribution in [3.8, 4) is 33.4 Å². The Labute approximate surface area is 394 Å². The second-order valence-electron chi connectivity index (χ2n) is 23.1. The number of fused-ring (bicyclic) bond motifs is 19. The molecule has 0 saturated heterocycles. The van der Waals surface area contributed by atoms with E-state index in [0.29, 0.717) is 0 Å². The standard InChI is InChI=1S/C60H63.F6P/c1-57(2,3)45-13-21-49-37-29-38(50(49)22-14-45)34-40-31-42(54-26-18-47(59(7,8)9)16-24-52(40)54)36-44-32-43(55-27-19-48(60(10,11)12)20-28-56(44)55)35-41-30-39(33-37)51-23-15-46(58(4,5)6)17-25-53(41)51;1-7(2,3,4,5)6/h13-33H,34-36H2,1-12H3;/q+1;-1/b37-33+;. The molecule has 0 saturated carbocycles. The van der Waals surface area contributed by atoms with Crippen LogP contribution in [0.2, 0.25) is 0 Å². The van der Waals surface area contributed by atoms with Gasteiger partial charge in [-0.15, -0.1) is 0 Å². The van der Waals surface area contributed by atoms with Crippen LogP contribution < -0.4 is 0 Å². The molecule has 0 amide bonds. The molecule has 67 heavy (non-hydrogen) atoms. The van der Waals surface area contributed by atoms with Gasteiger partial charge in [0.05, 0.1) is 22.8 Å². The Kier molecular flexibility index (Phi) is 11.2. The fourth-order valence-electron chi connectivity index (χ4n) is 9.83. The minimum absolute atomic E-state index is 0.0511. The first-order chi connectivity index (χ1) is 30.7. The monoisotopic (exact) mass is 928 g/mol. The van der Waals surface area contributed by atoms with E-state index in [4.69, 9.17) is 0 Å². The number of rotatable bonds is 0. The molecular weight excluding hydrogens is 866 g/mol. The molecule has 0 N–H and O–H groups in total. The van der Waals surface area contributed by atoms with Crippen LogP contribution in [-0.2, 0) is 40.9 Å². The van der Waals surface area contributed by atoms with E-state index in [-0.39, 0.29) is 21.7 Å². The third-order valence-corrected chi connectivity index (χ3v) is 13.6. The Morgan fingerprint density at radius 1 is 0.373 bits per heavy atom. The summed E-state index contributed by atoms with van der Waals surface area (Å²) in [5.74, 6) is 0. The van der Waals surface area contributed by atoms with Crippen LogP contribution in [0, 0.1) is 0 Å². The van der Waals surface area contributed by atoms with Crippen molar-refractivity contribution in [2.24, 2.45) is 0 Å². The van der Waals surface area contributed by atoms with Crippen molar-refractivity contribution in [3.05, 3.63) is 188 Å². The zero-order chi connectivity index (χ0) is 48.9. The van der Waals surface area contributed by atoms with E-state index >= 15 is 0 Å². The van der Waals surface area contributed by atoms with Crippen LogP contribution in [0.3, 0.4) is 0 Å². The van der Waals surface area contributed by atoms with Gasteiger partial charge in [-0.1, -0.05) is 174 Å². The molecule has 0 atom stereocenters. The van der Waals surface area contributed by atoms with Gasteiger partial charge in [-0.25, -0.2) is 0 Å². The van der Waals surface area contributed by atoms with E-state index in [1.165, 1.54) is 111 Å². The SMILES string of the molecule is CC(C)(C)c1ccc2c3cc(c-2cc1)Cc1cc(c2ccc(C(C)(C)C)ccc1-2)Cc1cc(c2ccc(C(C)(C)C)ccc1-2)CC1=C/C(=C\3)c2ccc(C(C)(C)C)[cH+]cc21.F[P-](F)(F)(F)(F)F. The molecule has 1 aromatic rings. The molecule has 1 aromatic carbocycles. The molecule has 7 heteroatoms. The fraction of sp³-hybridized carbons (Fsp3) is 0.317. The third kappa shape index (κ3) is 10.9.